The maximum Gasteiger partial charge on any atom is 0.277 e. The van der Waals surface area contributed by atoms with Crippen LogP contribution >= 0.6 is 0 Å². The summed E-state index contributed by atoms with van der Waals surface area (Å²) in [6, 6.07) is 3.97. The number of benzene rings is 1. The predicted molar refractivity (Wildman–Crippen MR) is 94.7 cm³/mol. The van der Waals surface area contributed by atoms with Gasteiger partial charge in [-0.15, -0.1) is 0 Å². The van der Waals surface area contributed by atoms with E-state index in [9.17, 15) is 4.79 Å². The number of rotatable bonds is 7. The number of carbonyl (C=O) groups is 1. The van der Waals surface area contributed by atoms with Crippen LogP contribution in [0.5, 0.6) is 17.2 Å². The SMILES string of the molecule is CNC(=O)[C@H](C)[NH+]1CC[NH+](Cc2ccc(OC)c(OC)c2OC)CC1. The molecule has 1 aliphatic heterocycles. The Balaban J connectivity index is 2.03. The van der Waals surface area contributed by atoms with Gasteiger partial charge in [0, 0.05) is 7.05 Å². The third kappa shape index (κ3) is 4.35. The van der Waals surface area contributed by atoms with Crippen molar-refractivity contribution in [3.05, 3.63) is 17.7 Å². The molecule has 3 N–H and O–H groups in total. The molecule has 1 fully saturated rings. The molecule has 25 heavy (non-hydrogen) atoms. The molecule has 0 saturated carbocycles. The van der Waals surface area contributed by atoms with Crippen LogP contribution in [-0.2, 0) is 11.3 Å². The van der Waals surface area contributed by atoms with Crippen molar-refractivity contribution >= 4 is 5.91 Å². The number of piperazine rings is 1. The average molecular weight is 353 g/mol. The fraction of sp³-hybridized carbons (Fsp3) is 0.611. The minimum Gasteiger partial charge on any atom is -0.493 e. The van der Waals surface area contributed by atoms with Gasteiger partial charge in [-0.2, -0.15) is 0 Å². The summed E-state index contributed by atoms with van der Waals surface area (Å²) in [5.74, 6) is 2.16. The van der Waals surface area contributed by atoms with E-state index < -0.39 is 0 Å². The summed E-state index contributed by atoms with van der Waals surface area (Å²) in [6.45, 7) is 6.88. The van der Waals surface area contributed by atoms with Crippen LogP contribution in [0.3, 0.4) is 0 Å². The number of quaternary nitrogens is 2. The monoisotopic (exact) mass is 353 g/mol. The van der Waals surface area contributed by atoms with E-state index in [4.69, 9.17) is 14.2 Å². The summed E-state index contributed by atoms with van der Waals surface area (Å²) >= 11 is 0. The lowest BCUT2D eigenvalue weighted by Gasteiger charge is -2.32. The van der Waals surface area contributed by atoms with Gasteiger partial charge in [0.2, 0.25) is 5.75 Å². The first-order chi connectivity index (χ1) is 12.0. The molecular formula is C18H31N3O4+2. The first-order valence-electron chi connectivity index (χ1n) is 8.73. The molecule has 1 aliphatic rings. The average Bonchev–Trinajstić information content (AvgIpc) is 2.66. The predicted octanol–water partition coefficient (Wildman–Crippen LogP) is -1.87. The lowest BCUT2D eigenvalue weighted by atomic mass is 10.1. The fourth-order valence-corrected chi connectivity index (χ4v) is 3.51. The summed E-state index contributed by atoms with van der Waals surface area (Å²) in [7, 11) is 6.60. The van der Waals surface area contributed by atoms with Crippen LogP contribution in [0.1, 0.15) is 12.5 Å². The highest BCUT2D eigenvalue weighted by molar-refractivity contribution is 5.79. The minimum absolute atomic E-state index is 0.00201. The van der Waals surface area contributed by atoms with E-state index in [2.05, 4.69) is 5.32 Å². The van der Waals surface area contributed by atoms with E-state index in [1.807, 2.05) is 19.1 Å². The standard InChI is InChI=1S/C18H29N3O4/c1-13(18(22)19-2)21-10-8-20(9-11-21)12-14-6-7-15(23-3)17(25-5)16(14)24-4/h6-7,13H,8-12H2,1-5H3,(H,19,22)/p+2/t13-/m0/s1. The van der Waals surface area contributed by atoms with E-state index in [1.165, 1.54) is 9.80 Å². The van der Waals surface area contributed by atoms with Crippen molar-refractivity contribution in [3.8, 4) is 17.2 Å². The number of nitrogens with one attached hydrogen (secondary N) is 3. The fourth-order valence-electron chi connectivity index (χ4n) is 3.51. The highest BCUT2D eigenvalue weighted by Crippen LogP contribution is 2.39. The first kappa shape index (κ1) is 19.3. The molecule has 1 aromatic carbocycles. The molecule has 1 aromatic rings. The number of ether oxygens (including phenoxy) is 3. The van der Waals surface area contributed by atoms with Gasteiger partial charge in [0.25, 0.3) is 5.91 Å². The molecule has 1 saturated heterocycles. The van der Waals surface area contributed by atoms with Crippen LogP contribution < -0.4 is 29.3 Å². The molecule has 0 radical (unpaired) electrons. The molecule has 1 heterocycles. The number of hydrogen-bond donors (Lipinski definition) is 3. The molecule has 1 amide bonds. The summed E-state index contributed by atoms with van der Waals surface area (Å²) in [4.78, 5) is 14.7. The van der Waals surface area contributed by atoms with Gasteiger partial charge >= 0.3 is 0 Å². The Labute approximate surface area is 149 Å². The topological polar surface area (TPSA) is 65.7 Å². The zero-order chi connectivity index (χ0) is 18.4. The Morgan fingerprint density at radius 3 is 2.24 bits per heavy atom. The second-order valence-corrected chi connectivity index (χ2v) is 6.41. The maximum atomic E-state index is 11.8. The van der Waals surface area contributed by atoms with Gasteiger partial charge in [-0.25, -0.2) is 0 Å². The molecule has 0 unspecified atom stereocenters. The second kappa shape index (κ2) is 8.92. The van der Waals surface area contributed by atoms with Crippen molar-refractivity contribution < 1.29 is 28.8 Å². The van der Waals surface area contributed by atoms with Crippen molar-refractivity contribution in [1.29, 1.82) is 0 Å². The first-order valence-corrected chi connectivity index (χ1v) is 8.73. The molecule has 2 rings (SSSR count). The van der Waals surface area contributed by atoms with Crippen LogP contribution in [0.25, 0.3) is 0 Å². The van der Waals surface area contributed by atoms with Crippen molar-refractivity contribution in [2.75, 3.05) is 54.6 Å². The minimum atomic E-state index is 0.00201. The van der Waals surface area contributed by atoms with E-state index in [1.54, 1.807) is 28.4 Å². The Morgan fingerprint density at radius 1 is 1.08 bits per heavy atom. The van der Waals surface area contributed by atoms with Crippen LogP contribution in [0, 0.1) is 0 Å². The Bertz CT molecular complexity index is 586. The quantitative estimate of drug-likeness (QED) is 0.538. The van der Waals surface area contributed by atoms with Crippen LogP contribution in [-0.4, -0.2) is 66.5 Å². The van der Waals surface area contributed by atoms with Gasteiger partial charge in [0.1, 0.15) is 32.7 Å². The summed E-state index contributed by atoms with van der Waals surface area (Å²) in [5, 5.41) is 2.74. The van der Waals surface area contributed by atoms with Crippen molar-refractivity contribution in [2.24, 2.45) is 0 Å². The lowest BCUT2D eigenvalue weighted by Crippen LogP contribution is -3.29. The molecule has 0 aromatic heterocycles. The van der Waals surface area contributed by atoms with Crippen molar-refractivity contribution in [2.45, 2.75) is 19.5 Å². The van der Waals surface area contributed by atoms with Crippen LogP contribution in [0.4, 0.5) is 0 Å². The second-order valence-electron chi connectivity index (χ2n) is 6.41. The number of amides is 1. The van der Waals surface area contributed by atoms with Gasteiger partial charge in [-0.3, -0.25) is 4.79 Å². The lowest BCUT2D eigenvalue weighted by molar-refractivity contribution is -1.02. The molecule has 0 aliphatic carbocycles. The molecule has 7 heteroatoms. The van der Waals surface area contributed by atoms with E-state index >= 15 is 0 Å². The molecule has 0 spiro atoms. The number of likely N-dealkylation sites (N-methyl/N-ethyl adjacent to an activating group) is 1. The Hall–Kier alpha value is -1.99. The van der Waals surface area contributed by atoms with Crippen LogP contribution in [0.15, 0.2) is 12.1 Å². The highest BCUT2D eigenvalue weighted by atomic mass is 16.5. The molecule has 1 atom stereocenters. The Morgan fingerprint density at radius 2 is 1.72 bits per heavy atom. The highest BCUT2D eigenvalue weighted by Gasteiger charge is 2.31. The molecular weight excluding hydrogens is 322 g/mol. The number of methoxy groups -OCH3 is 3. The van der Waals surface area contributed by atoms with Crippen LogP contribution in [0.2, 0.25) is 0 Å². The summed E-state index contributed by atoms with van der Waals surface area (Å²) < 4.78 is 16.4. The van der Waals surface area contributed by atoms with Gasteiger partial charge in [0.15, 0.2) is 17.5 Å². The normalized spacial score (nSPS) is 21.3. The zero-order valence-electron chi connectivity index (χ0n) is 15.9. The van der Waals surface area contributed by atoms with E-state index in [0.717, 1.165) is 44.0 Å². The molecule has 140 valence electrons. The molecule has 7 nitrogen and oxygen atoms in total. The summed E-state index contributed by atoms with van der Waals surface area (Å²) in [5.41, 5.74) is 1.11. The third-order valence-electron chi connectivity index (χ3n) is 5.08. The summed E-state index contributed by atoms with van der Waals surface area (Å²) in [6.07, 6.45) is 0. The largest absolute Gasteiger partial charge is 0.493 e. The van der Waals surface area contributed by atoms with E-state index in [0.29, 0.717) is 11.5 Å². The van der Waals surface area contributed by atoms with Gasteiger partial charge in [0.05, 0.1) is 26.9 Å². The zero-order valence-corrected chi connectivity index (χ0v) is 15.9. The Kier molecular flexibility index (Phi) is 6.90. The van der Waals surface area contributed by atoms with Gasteiger partial charge in [-0.05, 0) is 19.1 Å². The van der Waals surface area contributed by atoms with E-state index in [-0.39, 0.29) is 11.9 Å². The number of carbonyl (C=O) groups excluding carboxylic acids is 1. The number of hydrogen-bond acceptors (Lipinski definition) is 4. The maximum absolute atomic E-state index is 11.8. The molecule has 0 bridgehead atoms. The van der Waals surface area contributed by atoms with Crippen molar-refractivity contribution in [1.82, 2.24) is 5.32 Å². The van der Waals surface area contributed by atoms with Gasteiger partial charge in [-0.1, -0.05) is 0 Å². The van der Waals surface area contributed by atoms with Crippen molar-refractivity contribution in [3.63, 3.8) is 0 Å². The van der Waals surface area contributed by atoms with Gasteiger partial charge < -0.3 is 29.3 Å². The third-order valence-corrected chi connectivity index (χ3v) is 5.08. The smallest absolute Gasteiger partial charge is 0.277 e.